The second kappa shape index (κ2) is 3.95. The monoisotopic (exact) mass is 188 g/mol. The van der Waals surface area contributed by atoms with E-state index in [-0.39, 0.29) is 0 Å². The summed E-state index contributed by atoms with van der Waals surface area (Å²) in [5.74, 6) is 1.61. The third-order valence-electron chi connectivity index (χ3n) is 3.40. The Labute approximate surface area is 85.1 Å². The molecule has 1 aliphatic rings. The van der Waals surface area contributed by atoms with Gasteiger partial charge < -0.3 is 4.79 Å². The maximum Gasteiger partial charge on any atom is 0.123 e. The highest BCUT2D eigenvalue weighted by Gasteiger charge is 2.45. The Hall–Kier alpha value is -1.11. The fourth-order valence-corrected chi connectivity index (χ4v) is 2.24. The second-order valence-corrected chi connectivity index (χ2v) is 4.26. The van der Waals surface area contributed by atoms with Gasteiger partial charge in [0.25, 0.3) is 0 Å². The Morgan fingerprint density at radius 1 is 1.29 bits per heavy atom. The van der Waals surface area contributed by atoms with Crippen molar-refractivity contribution in [3.8, 4) is 0 Å². The maximum atomic E-state index is 10.6. The van der Waals surface area contributed by atoms with Gasteiger partial charge in [-0.3, -0.25) is 0 Å². The summed E-state index contributed by atoms with van der Waals surface area (Å²) in [6.07, 6.45) is 3.40. The van der Waals surface area contributed by atoms with E-state index in [2.05, 4.69) is 31.2 Å². The second-order valence-electron chi connectivity index (χ2n) is 4.26. The van der Waals surface area contributed by atoms with Crippen LogP contribution < -0.4 is 0 Å². The molecule has 0 saturated heterocycles. The van der Waals surface area contributed by atoms with Gasteiger partial charge in [0.1, 0.15) is 6.29 Å². The van der Waals surface area contributed by atoms with Gasteiger partial charge in [-0.1, -0.05) is 37.3 Å². The van der Waals surface area contributed by atoms with Crippen molar-refractivity contribution >= 4 is 6.29 Å². The van der Waals surface area contributed by atoms with Crippen LogP contribution in [0.1, 0.15) is 18.9 Å². The molecule has 0 unspecified atom stereocenters. The molecule has 1 aromatic rings. The molecule has 1 heteroatoms. The number of hydrogen-bond donors (Lipinski definition) is 0. The summed E-state index contributed by atoms with van der Waals surface area (Å²) in [6.45, 7) is 2.18. The molecule has 1 aromatic carbocycles. The number of carbonyl (C=O) groups is 1. The predicted octanol–water partition coefficient (Wildman–Crippen LogP) is 2.70. The number of aldehydes is 1. The van der Waals surface area contributed by atoms with Gasteiger partial charge in [0.2, 0.25) is 0 Å². The van der Waals surface area contributed by atoms with E-state index in [4.69, 9.17) is 0 Å². The van der Waals surface area contributed by atoms with Crippen molar-refractivity contribution in [3.05, 3.63) is 35.9 Å². The van der Waals surface area contributed by atoms with E-state index in [0.717, 1.165) is 19.1 Å². The van der Waals surface area contributed by atoms with Crippen LogP contribution in [0.2, 0.25) is 0 Å². The minimum Gasteiger partial charge on any atom is -0.303 e. The Kier molecular flexibility index (Phi) is 2.67. The summed E-state index contributed by atoms with van der Waals surface area (Å²) in [4.78, 5) is 10.6. The molecule has 0 bridgehead atoms. The Morgan fingerprint density at radius 3 is 2.57 bits per heavy atom. The van der Waals surface area contributed by atoms with Crippen molar-refractivity contribution in [2.24, 2.45) is 17.8 Å². The van der Waals surface area contributed by atoms with Crippen molar-refractivity contribution in [2.75, 3.05) is 0 Å². The van der Waals surface area contributed by atoms with Gasteiger partial charge in [-0.15, -0.1) is 0 Å². The molecule has 2 rings (SSSR count). The van der Waals surface area contributed by atoms with Gasteiger partial charge in [-0.25, -0.2) is 0 Å². The lowest BCUT2D eigenvalue weighted by molar-refractivity contribution is -0.109. The number of carbonyl (C=O) groups excluding carboxylic acids is 1. The standard InChI is InChI=1S/C13H16O/c1-10-12(13(10)9-14)8-7-11-5-3-2-4-6-11/h2-6,9-10,12-13H,7-8H2,1H3/t10-,12+,13+/m0/s1. The van der Waals surface area contributed by atoms with Gasteiger partial charge in [0, 0.05) is 5.92 Å². The van der Waals surface area contributed by atoms with Crippen molar-refractivity contribution in [3.63, 3.8) is 0 Å². The molecule has 1 fully saturated rings. The fourth-order valence-electron chi connectivity index (χ4n) is 2.24. The highest BCUT2D eigenvalue weighted by molar-refractivity contribution is 5.59. The van der Waals surface area contributed by atoms with E-state index in [1.807, 2.05) is 6.07 Å². The molecule has 0 aromatic heterocycles. The minimum atomic E-state index is 0.346. The van der Waals surface area contributed by atoms with E-state index < -0.39 is 0 Å². The molecule has 74 valence electrons. The molecule has 1 saturated carbocycles. The first-order chi connectivity index (χ1) is 6.83. The molecule has 3 atom stereocenters. The first kappa shape index (κ1) is 9.45. The fraction of sp³-hybridized carbons (Fsp3) is 0.462. The van der Waals surface area contributed by atoms with Crippen molar-refractivity contribution in [2.45, 2.75) is 19.8 Å². The van der Waals surface area contributed by atoms with Gasteiger partial charge in [-0.2, -0.15) is 0 Å². The molecular weight excluding hydrogens is 172 g/mol. The average molecular weight is 188 g/mol. The lowest BCUT2D eigenvalue weighted by atomic mass is 10.1. The largest absolute Gasteiger partial charge is 0.303 e. The van der Waals surface area contributed by atoms with Crippen LogP contribution in [0.15, 0.2) is 30.3 Å². The molecule has 0 amide bonds. The summed E-state index contributed by atoms with van der Waals surface area (Å²) in [5, 5.41) is 0. The zero-order valence-corrected chi connectivity index (χ0v) is 8.52. The molecule has 0 spiro atoms. The molecule has 1 aliphatic carbocycles. The highest BCUT2D eigenvalue weighted by Crippen LogP contribution is 2.47. The molecule has 14 heavy (non-hydrogen) atoms. The molecule has 0 heterocycles. The Bertz CT molecular complexity index is 304. The van der Waals surface area contributed by atoms with Crippen molar-refractivity contribution in [1.29, 1.82) is 0 Å². The molecular formula is C13H16O. The highest BCUT2D eigenvalue weighted by atomic mass is 16.1. The number of hydrogen-bond acceptors (Lipinski definition) is 1. The lowest BCUT2D eigenvalue weighted by Crippen LogP contribution is -1.89. The van der Waals surface area contributed by atoms with Crippen molar-refractivity contribution < 1.29 is 4.79 Å². The summed E-state index contributed by atoms with van der Waals surface area (Å²) < 4.78 is 0. The van der Waals surface area contributed by atoms with E-state index in [9.17, 15) is 4.79 Å². The van der Waals surface area contributed by atoms with E-state index in [1.165, 1.54) is 5.56 Å². The van der Waals surface area contributed by atoms with Gasteiger partial charge >= 0.3 is 0 Å². The van der Waals surface area contributed by atoms with Gasteiger partial charge in [-0.05, 0) is 30.2 Å². The minimum absolute atomic E-state index is 0.346. The van der Waals surface area contributed by atoms with Crippen LogP contribution in [0, 0.1) is 17.8 Å². The molecule has 0 aliphatic heterocycles. The van der Waals surface area contributed by atoms with Crippen LogP contribution in [0.3, 0.4) is 0 Å². The van der Waals surface area contributed by atoms with Crippen molar-refractivity contribution in [1.82, 2.24) is 0 Å². The van der Waals surface area contributed by atoms with Crippen LogP contribution in [0.5, 0.6) is 0 Å². The third kappa shape index (κ3) is 1.87. The van der Waals surface area contributed by atoms with Gasteiger partial charge in [0.05, 0.1) is 0 Å². The van der Waals surface area contributed by atoms with Crippen LogP contribution in [0.4, 0.5) is 0 Å². The zero-order valence-electron chi connectivity index (χ0n) is 8.52. The number of aryl methyl sites for hydroxylation is 1. The third-order valence-corrected chi connectivity index (χ3v) is 3.40. The molecule has 0 N–H and O–H groups in total. The lowest BCUT2D eigenvalue weighted by Gasteiger charge is -1.99. The van der Waals surface area contributed by atoms with Gasteiger partial charge in [0.15, 0.2) is 0 Å². The Balaban J connectivity index is 1.82. The molecule has 0 radical (unpaired) electrons. The maximum absolute atomic E-state index is 10.6. The average Bonchev–Trinajstić information content (AvgIpc) is 2.87. The summed E-state index contributed by atoms with van der Waals surface area (Å²) in [7, 11) is 0. The molecule has 1 nitrogen and oxygen atoms in total. The smallest absolute Gasteiger partial charge is 0.123 e. The van der Waals surface area contributed by atoms with Crippen LogP contribution in [-0.2, 0) is 11.2 Å². The zero-order chi connectivity index (χ0) is 9.97. The summed E-state index contributed by atoms with van der Waals surface area (Å²) >= 11 is 0. The predicted molar refractivity (Wildman–Crippen MR) is 57.0 cm³/mol. The Morgan fingerprint density at radius 2 is 2.00 bits per heavy atom. The van der Waals surface area contributed by atoms with Crippen LogP contribution >= 0.6 is 0 Å². The van der Waals surface area contributed by atoms with E-state index in [1.54, 1.807) is 0 Å². The normalized spacial score (nSPS) is 29.9. The summed E-state index contributed by atoms with van der Waals surface area (Å²) in [5.41, 5.74) is 1.39. The van der Waals surface area contributed by atoms with E-state index in [0.29, 0.717) is 17.8 Å². The van der Waals surface area contributed by atoms with Crippen LogP contribution in [-0.4, -0.2) is 6.29 Å². The SMILES string of the molecule is C[C@@H]1[C@@H](C=O)[C@@H]1CCc1ccccc1. The topological polar surface area (TPSA) is 17.1 Å². The summed E-state index contributed by atoms with van der Waals surface area (Å²) in [6, 6.07) is 10.5. The van der Waals surface area contributed by atoms with E-state index >= 15 is 0 Å². The first-order valence-corrected chi connectivity index (χ1v) is 5.32. The number of benzene rings is 1. The number of rotatable bonds is 4. The first-order valence-electron chi connectivity index (χ1n) is 5.32. The quantitative estimate of drug-likeness (QED) is 0.664. The van der Waals surface area contributed by atoms with Crippen LogP contribution in [0.25, 0.3) is 0 Å².